The Morgan fingerprint density at radius 1 is 0.931 bits per heavy atom. The van der Waals surface area contributed by atoms with Gasteiger partial charge in [0.1, 0.15) is 6.61 Å². The van der Waals surface area contributed by atoms with E-state index in [9.17, 15) is 0 Å². The van der Waals surface area contributed by atoms with Crippen LogP contribution in [0.5, 0.6) is 11.5 Å². The van der Waals surface area contributed by atoms with Gasteiger partial charge in [0, 0.05) is 17.1 Å². The van der Waals surface area contributed by atoms with Gasteiger partial charge in [-0.1, -0.05) is 76.1 Å². The van der Waals surface area contributed by atoms with E-state index in [0.717, 1.165) is 33.6 Å². The average molecular weight is 454 g/mol. The number of hydrogen-bond acceptors (Lipinski definition) is 3. The summed E-state index contributed by atoms with van der Waals surface area (Å²) in [5.41, 5.74) is 4.78. The molecule has 29 heavy (non-hydrogen) atoms. The number of ether oxygens (including phenoxy) is 2. The van der Waals surface area contributed by atoms with E-state index in [4.69, 9.17) is 9.47 Å². The number of rotatable bonds is 9. The van der Waals surface area contributed by atoms with Crippen molar-refractivity contribution in [2.75, 3.05) is 6.61 Å². The van der Waals surface area contributed by atoms with E-state index in [1.807, 2.05) is 19.1 Å². The Bertz CT molecular complexity index is 927. The molecule has 0 heterocycles. The van der Waals surface area contributed by atoms with Crippen molar-refractivity contribution in [2.24, 2.45) is 0 Å². The van der Waals surface area contributed by atoms with E-state index in [2.05, 4.69) is 89.7 Å². The molecule has 0 saturated heterocycles. The molecule has 0 radical (unpaired) electrons. The molecule has 1 N–H and O–H groups in total. The summed E-state index contributed by atoms with van der Waals surface area (Å²) in [6.45, 7) is 8.08. The molecule has 0 bridgehead atoms. The predicted molar refractivity (Wildman–Crippen MR) is 123 cm³/mol. The minimum atomic E-state index is 0.260. The third-order valence-electron chi connectivity index (χ3n) is 4.79. The third kappa shape index (κ3) is 6.09. The molecule has 0 aliphatic carbocycles. The highest BCUT2D eigenvalue weighted by Crippen LogP contribution is 2.34. The van der Waals surface area contributed by atoms with Gasteiger partial charge in [-0.25, -0.2) is 0 Å². The predicted octanol–water partition coefficient (Wildman–Crippen LogP) is 6.59. The van der Waals surface area contributed by atoms with Gasteiger partial charge in [0.2, 0.25) is 0 Å². The van der Waals surface area contributed by atoms with Crippen molar-refractivity contribution in [3.05, 3.63) is 93.5 Å². The smallest absolute Gasteiger partial charge is 0.162 e. The van der Waals surface area contributed by atoms with Crippen molar-refractivity contribution in [1.29, 1.82) is 0 Å². The van der Waals surface area contributed by atoms with Crippen molar-refractivity contribution in [1.82, 2.24) is 5.32 Å². The summed E-state index contributed by atoms with van der Waals surface area (Å²) in [4.78, 5) is 0. The lowest BCUT2D eigenvalue weighted by Crippen LogP contribution is -2.18. The van der Waals surface area contributed by atoms with Crippen molar-refractivity contribution >= 4 is 15.9 Å². The second kappa shape index (κ2) is 10.5. The molecule has 0 aliphatic rings. The van der Waals surface area contributed by atoms with Crippen molar-refractivity contribution in [2.45, 2.75) is 40.0 Å². The van der Waals surface area contributed by atoms with Gasteiger partial charge in [-0.3, -0.25) is 0 Å². The highest BCUT2D eigenvalue weighted by molar-refractivity contribution is 9.10. The van der Waals surface area contributed by atoms with Crippen LogP contribution >= 0.6 is 15.9 Å². The summed E-state index contributed by atoms with van der Waals surface area (Å²) >= 11 is 3.70. The standard InChI is InChI=1S/C25H28BrNO2/c1-4-28-24-14-22(16-27-19(3)21-11-6-5-7-12-21)23(26)15-25(24)29-17-20-10-8-9-18(2)13-20/h5-15,19,27H,4,16-17H2,1-3H3. The molecule has 3 aromatic carbocycles. The first-order chi connectivity index (χ1) is 14.1. The van der Waals surface area contributed by atoms with Crippen LogP contribution < -0.4 is 14.8 Å². The fourth-order valence-corrected chi connectivity index (χ4v) is 3.64. The fourth-order valence-electron chi connectivity index (χ4n) is 3.18. The lowest BCUT2D eigenvalue weighted by atomic mass is 10.1. The Labute approximate surface area is 182 Å². The quantitative estimate of drug-likeness (QED) is 0.396. The topological polar surface area (TPSA) is 30.5 Å². The maximum Gasteiger partial charge on any atom is 0.162 e. The third-order valence-corrected chi connectivity index (χ3v) is 5.53. The second-order valence-corrected chi connectivity index (χ2v) is 7.97. The molecule has 0 aromatic heterocycles. The van der Waals surface area contributed by atoms with E-state index in [1.54, 1.807) is 0 Å². The number of benzene rings is 3. The van der Waals surface area contributed by atoms with Gasteiger partial charge >= 0.3 is 0 Å². The molecule has 0 fully saturated rings. The minimum Gasteiger partial charge on any atom is -0.490 e. The first-order valence-corrected chi connectivity index (χ1v) is 10.8. The SMILES string of the molecule is CCOc1cc(CNC(C)c2ccccc2)c(Br)cc1OCc1cccc(C)c1. The molecule has 3 nitrogen and oxygen atoms in total. The van der Waals surface area contributed by atoms with Crippen molar-refractivity contribution in [3.8, 4) is 11.5 Å². The number of halogens is 1. The molecule has 3 rings (SSSR count). The van der Waals surface area contributed by atoms with Gasteiger partial charge in [0.15, 0.2) is 11.5 Å². The number of aryl methyl sites for hydroxylation is 1. The van der Waals surface area contributed by atoms with Crippen molar-refractivity contribution in [3.63, 3.8) is 0 Å². The van der Waals surface area contributed by atoms with Crippen LogP contribution in [0.25, 0.3) is 0 Å². The molecule has 4 heteroatoms. The molecule has 1 atom stereocenters. The maximum atomic E-state index is 6.09. The fraction of sp³-hybridized carbons (Fsp3) is 0.280. The normalized spacial score (nSPS) is 11.9. The lowest BCUT2D eigenvalue weighted by molar-refractivity contribution is 0.268. The van der Waals surface area contributed by atoms with Gasteiger partial charge < -0.3 is 14.8 Å². The zero-order chi connectivity index (χ0) is 20.6. The van der Waals surface area contributed by atoms with Crippen LogP contribution in [0.1, 0.15) is 42.1 Å². The molecular weight excluding hydrogens is 426 g/mol. The molecule has 0 saturated carbocycles. The number of nitrogens with one attached hydrogen (secondary N) is 1. The summed E-state index contributed by atoms with van der Waals surface area (Å²) in [5.74, 6) is 1.52. The van der Waals surface area contributed by atoms with Gasteiger partial charge in [-0.15, -0.1) is 0 Å². The monoisotopic (exact) mass is 453 g/mol. The summed E-state index contributed by atoms with van der Waals surface area (Å²) in [6.07, 6.45) is 0. The summed E-state index contributed by atoms with van der Waals surface area (Å²) < 4.78 is 13.0. The van der Waals surface area contributed by atoms with E-state index in [0.29, 0.717) is 13.2 Å². The van der Waals surface area contributed by atoms with Crippen LogP contribution in [0, 0.1) is 6.92 Å². The van der Waals surface area contributed by atoms with Crippen LogP contribution in [-0.2, 0) is 13.2 Å². The Morgan fingerprint density at radius 2 is 1.69 bits per heavy atom. The molecular formula is C25H28BrNO2. The Balaban J connectivity index is 1.71. The molecule has 152 valence electrons. The van der Waals surface area contributed by atoms with Crippen LogP contribution in [0.3, 0.4) is 0 Å². The first-order valence-electron chi connectivity index (χ1n) is 9.98. The minimum absolute atomic E-state index is 0.260. The summed E-state index contributed by atoms with van der Waals surface area (Å²) in [7, 11) is 0. The van der Waals surface area contributed by atoms with Crippen LogP contribution in [0.2, 0.25) is 0 Å². The van der Waals surface area contributed by atoms with Gasteiger partial charge in [0.25, 0.3) is 0 Å². The van der Waals surface area contributed by atoms with Gasteiger partial charge in [0.05, 0.1) is 6.61 Å². The Morgan fingerprint density at radius 3 is 2.41 bits per heavy atom. The van der Waals surface area contributed by atoms with E-state index in [1.165, 1.54) is 11.1 Å². The Kier molecular flexibility index (Phi) is 7.73. The van der Waals surface area contributed by atoms with Gasteiger partial charge in [-0.2, -0.15) is 0 Å². The molecule has 0 aliphatic heterocycles. The molecule has 0 amide bonds. The molecule has 1 unspecified atom stereocenters. The first kappa shape index (κ1) is 21.4. The summed E-state index contributed by atoms with van der Waals surface area (Å²) in [5, 5.41) is 3.58. The lowest BCUT2D eigenvalue weighted by Gasteiger charge is -2.18. The Hall–Kier alpha value is -2.30. The highest BCUT2D eigenvalue weighted by Gasteiger charge is 2.13. The van der Waals surface area contributed by atoms with Crippen LogP contribution in [0.15, 0.2) is 71.2 Å². The van der Waals surface area contributed by atoms with Crippen LogP contribution in [-0.4, -0.2) is 6.61 Å². The van der Waals surface area contributed by atoms with Crippen molar-refractivity contribution < 1.29 is 9.47 Å². The van der Waals surface area contributed by atoms with E-state index >= 15 is 0 Å². The van der Waals surface area contributed by atoms with E-state index in [-0.39, 0.29) is 6.04 Å². The summed E-state index contributed by atoms with van der Waals surface area (Å²) in [6, 6.07) is 23.1. The van der Waals surface area contributed by atoms with Gasteiger partial charge in [-0.05, 0) is 49.6 Å². The van der Waals surface area contributed by atoms with E-state index < -0.39 is 0 Å². The largest absolute Gasteiger partial charge is 0.490 e. The average Bonchev–Trinajstić information content (AvgIpc) is 2.73. The molecule has 3 aromatic rings. The van der Waals surface area contributed by atoms with Crippen LogP contribution in [0.4, 0.5) is 0 Å². The zero-order valence-electron chi connectivity index (χ0n) is 17.2. The zero-order valence-corrected chi connectivity index (χ0v) is 18.8. The maximum absolute atomic E-state index is 6.09. The second-order valence-electron chi connectivity index (χ2n) is 7.11. The highest BCUT2D eigenvalue weighted by atomic mass is 79.9. The molecule has 0 spiro atoms. The number of hydrogen-bond donors (Lipinski definition) is 1.